The lowest BCUT2D eigenvalue weighted by atomic mass is 9.79. The molecule has 0 heterocycles. The van der Waals surface area contributed by atoms with Crippen LogP contribution >= 0.6 is 0 Å². The van der Waals surface area contributed by atoms with Gasteiger partial charge in [0.25, 0.3) is 0 Å². The minimum absolute atomic E-state index is 0.323. The van der Waals surface area contributed by atoms with Crippen molar-refractivity contribution in [3.05, 3.63) is 0 Å². The van der Waals surface area contributed by atoms with Crippen molar-refractivity contribution in [2.75, 3.05) is 19.8 Å². The van der Waals surface area contributed by atoms with Crippen LogP contribution in [0.3, 0.4) is 0 Å². The fraction of sp³-hybridized carbons (Fsp3) is 1.00. The van der Waals surface area contributed by atoms with Gasteiger partial charge < -0.3 is 15.2 Å². The molecule has 1 aliphatic carbocycles. The van der Waals surface area contributed by atoms with E-state index in [0.717, 1.165) is 44.8 Å². The van der Waals surface area contributed by atoms with E-state index < -0.39 is 5.60 Å². The fourth-order valence-electron chi connectivity index (χ4n) is 2.19. The summed E-state index contributed by atoms with van der Waals surface area (Å²) in [5, 5.41) is 13.7. The van der Waals surface area contributed by atoms with Crippen LogP contribution in [-0.2, 0) is 4.74 Å². The summed E-state index contributed by atoms with van der Waals surface area (Å²) in [6.45, 7) is 8.56. The van der Waals surface area contributed by atoms with Crippen LogP contribution in [0.5, 0.6) is 0 Å². The van der Waals surface area contributed by atoms with Gasteiger partial charge in [0.1, 0.15) is 0 Å². The second-order valence-electron chi connectivity index (χ2n) is 5.35. The van der Waals surface area contributed by atoms with E-state index in [0.29, 0.717) is 12.6 Å². The van der Waals surface area contributed by atoms with Gasteiger partial charge in [0, 0.05) is 19.2 Å². The maximum absolute atomic E-state index is 10.4. The smallest absolute Gasteiger partial charge is 0.0771 e. The van der Waals surface area contributed by atoms with Gasteiger partial charge in [-0.25, -0.2) is 0 Å². The van der Waals surface area contributed by atoms with Crippen molar-refractivity contribution in [3.63, 3.8) is 0 Å². The van der Waals surface area contributed by atoms with E-state index in [1.165, 1.54) is 0 Å². The maximum Gasteiger partial charge on any atom is 0.0771 e. The zero-order valence-electron chi connectivity index (χ0n) is 11.0. The normalized spacial score (nSPS) is 32.6. The third kappa shape index (κ3) is 4.81. The third-order valence-corrected chi connectivity index (χ3v) is 3.56. The molecule has 1 atom stereocenters. The molecule has 96 valence electrons. The zero-order chi connectivity index (χ0) is 12.0. The highest BCUT2D eigenvalue weighted by molar-refractivity contribution is 4.87. The lowest BCUT2D eigenvalue weighted by Gasteiger charge is -2.35. The first-order valence-corrected chi connectivity index (χ1v) is 6.59. The molecule has 3 nitrogen and oxygen atoms in total. The quantitative estimate of drug-likeness (QED) is 0.731. The van der Waals surface area contributed by atoms with Crippen LogP contribution in [0.15, 0.2) is 0 Å². The molecule has 1 aliphatic rings. The number of ether oxygens (including phenoxy) is 1. The first kappa shape index (κ1) is 13.9. The summed E-state index contributed by atoms with van der Waals surface area (Å²) in [6.07, 6.45) is 4.17. The molecule has 0 bridgehead atoms. The average molecular weight is 229 g/mol. The van der Waals surface area contributed by atoms with Gasteiger partial charge >= 0.3 is 0 Å². The van der Waals surface area contributed by atoms with Crippen molar-refractivity contribution in [2.24, 2.45) is 5.92 Å². The molecule has 3 heteroatoms. The van der Waals surface area contributed by atoms with Crippen LogP contribution in [0.1, 0.15) is 46.5 Å². The number of hydrogen-bond donors (Lipinski definition) is 2. The second-order valence-corrected chi connectivity index (χ2v) is 5.35. The summed E-state index contributed by atoms with van der Waals surface area (Å²) in [7, 11) is 0. The largest absolute Gasteiger partial charge is 0.389 e. The summed E-state index contributed by atoms with van der Waals surface area (Å²) < 4.78 is 5.34. The Bertz CT molecular complexity index is 188. The highest BCUT2D eigenvalue weighted by atomic mass is 16.5. The summed E-state index contributed by atoms with van der Waals surface area (Å²) in [5.74, 6) is 0.779. The molecule has 0 aromatic carbocycles. The molecule has 0 radical (unpaired) electrons. The van der Waals surface area contributed by atoms with Gasteiger partial charge in [-0.05, 0) is 45.4 Å². The first-order chi connectivity index (χ1) is 7.56. The van der Waals surface area contributed by atoms with Crippen molar-refractivity contribution in [3.8, 4) is 0 Å². The van der Waals surface area contributed by atoms with Crippen molar-refractivity contribution in [2.45, 2.75) is 58.1 Å². The van der Waals surface area contributed by atoms with Crippen LogP contribution in [0, 0.1) is 5.92 Å². The molecule has 1 saturated carbocycles. The zero-order valence-corrected chi connectivity index (χ0v) is 11.0. The monoisotopic (exact) mass is 229 g/mol. The third-order valence-electron chi connectivity index (χ3n) is 3.56. The van der Waals surface area contributed by atoms with Crippen molar-refractivity contribution >= 4 is 0 Å². The highest BCUT2D eigenvalue weighted by Crippen LogP contribution is 2.31. The minimum atomic E-state index is -0.479. The van der Waals surface area contributed by atoms with Crippen molar-refractivity contribution in [1.29, 1.82) is 0 Å². The molecule has 0 aromatic heterocycles. The number of nitrogens with one attached hydrogen (secondary N) is 1. The first-order valence-electron chi connectivity index (χ1n) is 6.59. The molecule has 1 rings (SSSR count). The van der Waals surface area contributed by atoms with Crippen LogP contribution in [0.4, 0.5) is 0 Å². The Balaban J connectivity index is 2.20. The molecular formula is C13H27NO2. The summed E-state index contributed by atoms with van der Waals surface area (Å²) in [6, 6.07) is 0.323. The summed E-state index contributed by atoms with van der Waals surface area (Å²) >= 11 is 0. The van der Waals surface area contributed by atoms with Gasteiger partial charge in [-0.2, -0.15) is 0 Å². The summed E-state index contributed by atoms with van der Waals surface area (Å²) in [4.78, 5) is 0. The highest BCUT2D eigenvalue weighted by Gasteiger charge is 2.31. The molecule has 0 aromatic rings. The Labute approximate surface area is 99.6 Å². The Kier molecular flexibility index (Phi) is 5.73. The van der Waals surface area contributed by atoms with Gasteiger partial charge in [-0.1, -0.05) is 6.92 Å². The van der Waals surface area contributed by atoms with Gasteiger partial charge in [0.05, 0.1) is 12.2 Å². The standard InChI is InChI=1S/C13H27NO2/c1-4-16-9-12(3)14-10-13(15)7-5-11(2)6-8-13/h11-12,14-15H,4-10H2,1-3H3. The topological polar surface area (TPSA) is 41.5 Å². The van der Waals surface area contributed by atoms with E-state index in [1.807, 2.05) is 6.92 Å². The lowest BCUT2D eigenvalue weighted by molar-refractivity contribution is -0.0102. The van der Waals surface area contributed by atoms with Crippen molar-refractivity contribution in [1.82, 2.24) is 5.32 Å². The minimum Gasteiger partial charge on any atom is -0.389 e. The molecule has 2 N–H and O–H groups in total. The number of hydrogen-bond acceptors (Lipinski definition) is 3. The van der Waals surface area contributed by atoms with E-state index in [9.17, 15) is 5.11 Å². The molecule has 1 unspecified atom stereocenters. The SMILES string of the molecule is CCOCC(C)NCC1(O)CCC(C)CC1. The molecular weight excluding hydrogens is 202 g/mol. The van der Waals surface area contributed by atoms with E-state index in [4.69, 9.17) is 4.74 Å². The van der Waals surface area contributed by atoms with Crippen LogP contribution in [0.2, 0.25) is 0 Å². The Morgan fingerprint density at radius 2 is 2.06 bits per heavy atom. The number of aliphatic hydroxyl groups is 1. The Morgan fingerprint density at radius 1 is 1.44 bits per heavy atom. The van der Waals surface area contributed by atoms with Crippen molar-refractivity contribution < 1.29 is 9.84 Å². The van der Waals surface area contributed by atoms with E-state index in [-0.39, 0.29) is 0 Å². The molecule has 0 saturated heterocycles. The van der Waals surface area contributed by atoms with E-state index in [1.54, 1.807) is 0 Å². The fourth-order valence-corrected chi connectivity index (χ4v) is 2.19. The van der Waals surface area contributed by atoms with Gasteiger partial charge in [0.2, 0.25) is 0 Å². The van der Waals surface area contributed by atoms with Crippen LogP contribution in [-0.4, -0.2) is 36.5 Å². The van der Waals surface area contributed by atoms with Crippen LogP contribution in [0.25, 0.3) is 0 Å². The van der Waals surface area contributed by atoms with Gasteiger partial charge in [0.15, 0.2) is 0 Å². The average Bonchev–Trinajstić information content (AvgIpc) is 2.28. The van der Waals surface area contributed by atoms with Gasteiger partial charge in [-0.3, -0.25) is 0 Å². The molecule has 1 fully saturated rings. The molecule has 16 heavy (non-hydrogen) atoms. The summed E-state index contributed by atoms with van der Waals surface area (Å²) in [5.41, 5.74) is -0.479. The second kappa shape index (κ2) is 6.58. The predicted octanol–water partition coefficient (Wildman–Crippen LogP) is 1.94. The van der Waals surface area contributed by atoms with Gasteiger partial charge in [-0.15, -0.1) is 0 Å². The molecule has 0 aliphatic heterocycles. The maximum atomic E-state index is 10.4. The van der Waals surface area contributed by atoms with E-state index >= 15 is 0 Å². The van der Waals surface area contributed by atoms with E-state index in [2.05, 4.69) is 19.2 Å². The lowest BCUT2D eigenvalue weighted by Crippen LogP contribution is -2.46. The number of rotatable bonds is 6. The molecule has 0 amide bonds. The Hall–Kier alpha value is -0.120. The van der Waals surface area contributed by atoms with Crippen LogP contribution < -0.4 is 5.32 Å². The predicted molar refractivity (Wildman–Crippen MR) is 66.5 cm³/mol. The Morgan fingerprint density at radius 3 is 2.62 bits per heavy atom. The molecule has 0 spiro atoms.